The number of carbonyl (C=O) groups is 2. The zero-order valence-corrected chi connectivity index (χ0v) is 11.4. The average molecular weight is 286 g/mol. The molecule has 21 heavy (non-hydrogen) atoms. The lowest BCUT2D eigenvalue weighted by Crippen LogP contribution is -2.18. The van der Waals surface area contributed by atoms with Gasteiger partial charge >= 0.3 is 5.97 Å². The van der Waals surface area contributed by atoms with Gasteiger partial charge in [0.05, 0.1) is 12.2 Å². The third-order valence-electron chi connectivity index (χ3n) is 2.75. The van der Waals surface area contributed by atoms with Crippen LogP contribution in [0.2, 0.25) is 0 Å². The molecular weight excluding hydrogens is 272 g/mol. The van der Waals surface area contributed by atoms with Gasteiger partial charge in [-0.15, -0.1) is 0 Å². The molecule has 0 aliphatic heterocycles. The van der Waals surface area contributed by atoms with Crippen LogP contribution in [-0.2, 0) is 11.3 Å². The Hall–Kier alpha value is -2.73. The van der Waals surface area contributed by atoms with Gasteiger partial charge < -0.3 is 15.2 Å². The maximum absolute atomic E-state index is 12.1. The molecule has 2 aromatic rings. The van der Waals surface area contributed by atoms with Crippen LogP contribution in [0.5, 0.6) is 0 Å². The average Bonchev–Trinajstić information content (AvgIpc) is 2.48. The number of nitrogens with one attached hydrogen (secondary N) is 1. The molecule has 0 unspecified atom stereocenters. The summed E-state index contributed by atoms with van der Waals surface area (Å²) in [5.74, 6) is -1.76. The summed E-state index contributed by atoms with van der Waals surface area (Å²) >= 11 is 0. The number of pyridine rings is 1. The molecule has 0 spiro atoms. The highest BCUT2D eigenvalue weighted by Crippen LogP contribution is 2.14. The number of hydrogen-bond donors (Lipinski definition) is 2. The van der Waals surface area contributed by atoms with Crippen molar-refractivity contribution in [3.05, 3.63) is 59.4 Å². The molecule has 1 heterocycles. The summed E-state index contributed by atoms with van der Waals surface area (Å²) in [6.07, 6.45) is 1.38. The minimum absolute atomic E-state index is 0.123. The molecule has 0 bridgehead atoms. The quantitative estimate of drug-likeness (QED) is 0.879. The van der Waals surface area contributed by atoms with Gasteiger partial charge in [-0.25, -0.2) is 4.79 Å². The fourth-order valence-corrected chi connectivity index (χ4v) is 1.85. The van der Waals surface area contributed by atoms with Gasteiger partial charge in [0.1, 0.15) is 5.69 Å². The molecule has 6 heteroatoms. The van der Waals surface area contributed by atoms with Crippen LogP contribution in [0.1, 0.15) is 26.4 Å². The molecule has 1 aromatic carbocycles. The normalized spacial score (nSPS) is 10.1. The Bertz CT molecular complexity index is 670. The van der Waals surface area contributed by atoms with E-state index in [-0.39, 0.29) is 11.3 Å². The molecule has 0 aliphatic rings. The summed E-state index contributed by atoms with van der Waals surface area (Å²) < 4.78 is 5.02. The fourth-order valence-electron chi connectivity index (χ4n) is 1.85. The van der Waals surface area contributed by atoms with Crippen LogP contribution >= 0.6 is 0 Å². The summed E-state index contributed by atoms with van der Waals surface area (Å²) in [6.45, 7) is 0.424. The minimum Gasteiger partial charge on any atom is -0.478 e. The minimum atomic E-state index is -1.19. The number of nitrogens with zero attached hydrogens (tertiary/aromatic N) is 1. The summed E-state index contributed by atoms with van der Waals surface area (Å²) in [7, 11) is 1.58. The molecule has 0 radical (unpaired) electrons. The molecule has 0 fully saturated rings. The SMILES string of the molecule is COCc1cccc(NC(=O)c2ncccc2C(=O)O)c1. The first-order valence-corrected chi connectivity index (χ1v) is 6.19. The number of carboxylic acids is 1. The highest BCUT2D eigenvalue weighted by Gasteiger charge is 2.17. The van der Waals surface area contributed by atoms with Crippen molar-refractivity contribution in [1.82, 2.24) is 4.98 Å². The highest BCUT2D eigenvalue weighted by molar-refractivity contribution is 6.09. The summed E-state index contributed by atoms with van der Waals surface area (Å²) in [5, 5.41) is 11.7. The first kappa shape index (κ1) is 14.7. The van der Waals surface area contributed by atoms with Crippen LogP contribution in [0.4, 0.5) is 5.69 Å². The van der Waals surface area contributed by atoms with Crippen molar-refractivity contribution in [3.63, 3.8) is 0 Å². The Labute approximate surface area is 121 Å². The number of carboxylic acid groups (broad SMARTS) is 1. The number of rotatable bonds is 5. The fraction of sp³-hybridized carbons (Fsp3) is 0.133. The Morgan fingerprint density at radius 3 is 2.81 bits per heavy atom. The van der Waals surface area contributed by atoms with E-state index < -0.39 is 11.9 Å². The van der Waals surface area contributed by atoms with E-state index in [9.17, 15) is 9.59 Å². The lowest BCUT2D eigenvalue weighted by molar-refractivity contribution is 0.0691. The topological polar surface area (TPSA) is 88.5 Å². The molecule has 0 saturated heterocycles. The molecule has 0 aliphatic carbocycles. The van der Waals surface area contributed by atoms with Gasteiger partial charge in [0.25, 0.3) is 5.91 Å². The predicted octanol–water partition coefficient (Wildman–Crippen LogP) is 2.18. The van der Waals surface area contributed by atoms with E-state index in [1.165, 1.54) is 18.3 Å². The van der Waals surface area contributed by atoms with E-state index in [4.69, 9.17) is 9.84 Å². The first-order valence-electron chi connectivity index (χ1n) is 6.19. The van der Waals surface area contributed by atoms with Crippen LogP contribution in [-0.4, -0.2) is 29.1 Å². The number of anilines is 1. The zero-order chi connectivity index (χ0) is 15.2. The molecule has 6 nitrogen and oxygen atoms in total. The van der Waals surface area contributed by atoms with Crippen LogP contribution in [0.15, 0.2) is 42.6 Å². The standard InChI is InChI=1S/C15H14N2O4/c1-21-9-10-4-2-5-11(8-10)17-14(18)13-12(15(19)20)6-3-7-16-13/h2-8H,9H2,1H3,(H,17,18)(H,19,20). The first-order chi connectivity index (χ1) is 10.1. The third-order valence-corrected chi connectivity index (χ3v) is 2.75. The van der Waals surface area contributed by atoms with Crippen LogP contribution < -0.4 is 5.32 Å². The van der Waals surface area contributed by atoms with E-state index >= 15 is 0 Å². The lowest BCUT2D eigenvalue weighted by atomic mass is 10.1. The number of carbonyl (C=O) groups excluding carboxylic acids is 1. The predicted molar refractivity (Wildman–Crippen MR) is 76.3 cm³/mol. The zero-order valence-electron chi connectivity index (χ0n) is 11.4. The number of amides is 1. The maximum Gasteiger partial charge on any atom is 0.338 e. The lowest BCUT2D eigenvalue weighted by Gasteiger charge is -2.08. The Morgan fingerprint density at radius 1 is 1.29 bits per heavy atom. The molecule has 2 rings (SSSR count). The number of aromatic carboxylic acids is 1. The molecule has 0 atom stereocenters. The van der Waals surface area contributed by atoms with Crippen molar-refractivity contribution in [2.24, 2.45) is 0 Å². The molecule has 1 aromatic heterocycles. The molecule has 108 valence electrons. The summed E-state index contributed by atoms with van der Waals surface area (Å²) in [6, 6.07) is 9.92. The van der Waals surface area contributed by atoms with Gasteiger partial charge in [-0.05, 0) is 29.8 Å². The van der Waals surface area contributed by atoms with E-state index in [1.807, 2.05) is 6.07 Å². The maximum atomic E-state index is 12.1. The van der Waals surface area contributed by atoms with Crippen LogP contribution in [0, 0.1) is 0 Å². The number of benzene rings is 1. The number of methoxy groups -OCH3 is 1. The molecule has 2 N–H and O–H groups in total. The molecule has 0 saturated carbocycles. The second-order valence-corrected chi connectivity index (χ2v) is 4.29. The van der Waals surface area contributed by atoms with Crippen molar-refractivity contribution in [2.45, 2.75) is 6.61 Å². The van der Waals surface area contributed by atoms with Crippen molar-refractivity contribution in [2.75, 3.05) is 12.4 Å². The smallest absolute Gasteiger partial charge is 0.338 e. The van der Waals surface area contributed by atoms with Crippen LogP contribution in [0.3, 0.4) is 0 Å². The van der Waals surface area contributed by atoms with Crippen molar-refractivity contribution < 1.29 is 19.4 Å². The second kappa shape index (κ2) is 6.62. The Kier molecular flexibility index (Phi) is 4.63. The van der Waals surface area contributed by atoms with E-state index in [1.54, 1.807) is 25.3 Å². The Balaban J connectivity index is 2.22. The van der Waals surface area contributed by atoms with Gasteiger partial charge in [-0.3, -0.25) is 9.78 Å². The molecular formula is C15H14N2O4. The third kappa shape index (κ3) is 3.64. The Morgan fingerprint density at radius 2 is 2.10 bits per heavy atom. The highest BCUT2D eigenvalue weighted by atomic mass is 16.5. The van der Waals surface area contributed by atoms with Crippen LogP contribution in [0.25, 0.3) is 0 Å². The monoisotopic (exact) mass is 286 g/mol. The van der Waals surface area contributed by atoms with Gasteiger partial charge in [-0.2, -0.15) is 0 Å². The van der Waals surface area contributed by atoms with E-state index in [0.29, 0.717) is 12.3 Å². The summed E-state index contributed by atoms with van der Waals surface area (Å²) in [5.41, 5.74) is 1.19. The van der Waals surface area contributed by atoms with Crippen molar-refractivity contribution >= 4 is 17.6 Å². The van der Waals surface area contributed by atoms with Gasteiger partial charge in [-0.1, -0.05) is 12.1 Å². The van der Waals surface area contributed by atoms with Gasteiger partial charge in [0, 0.05) is 19.0 Å². The van der Waals surface area contributed by atoms with Gasteiger partial charge in [0.15, 0.2) is 0 Å². The second-order valence-electron chi connectivity index (χ2n) is 4.29. The number of hydrogen-bond acceptors (Lipinski definition) is 4. The number of ether oxygens (including phenoxy) is 1. The van der Waals surface area contributed by atoms with Crippen molar-refractivity contribution in [1.29, 1.82) is 0 Å². The van der Waals surface area contributed by atoms with E-state index in [2.05, 4.69) is 10.3 Å². The largest absolute Gasteiger partial charge is 0.478 e. The number of aromatic nitrogens is 1. The van der Waals surface area contributed by atoms with Gasteiger partial charge in [0.2, 0.25) is 0 Å². The van der Waals surface area contributed by atoms with E-state index in [0.717, 1.165) is 5.56 Å². The molecule has 1 amide bonds. The summed E-state index contributed by atoms with van der Waals surface area (Å²) in [4.78, 5) is 27.1. The van der Waals surface area contributed by atoms with Crippen molar-refractivity contribution in [3.8, 4) is 0 Å².